The number of hydrazine groups is 1. The van der Waals surface area contributed by atoms with Gasteiger partial charge in [0.2, 0.25) is 11.7 Å². The third-order valence-electron chi connectivity index (χ3n) is 6.24. The van der Waals surface area contributed by atoms with Gasteiger partial charge in [0.15, 0.2) is 0 Å². The Hall–Kier alpha value is -1.70. The number of aliphatic imine (C=N–C) groups is 1. The summed E-state index contributed by atoms with van der Waals surface area (Å²) < 4.78 is 0. The lowest BCUT2D eigenvalue weighted by Crippen LogP contribution is -2.50. The van der Waals surface area contributed by atoms with E-state index in [2.05, 4.69) is 26.8 Å². The van der Waals surface area contributed by atoms with Crippen LogP contribution >= 0.6 is 0 Å². The number of hydrogen-bond donors (Lipinski definition) is 4. The average molecular weight is 355 g/mol. The molecule has 2 fully saturated rings. The highest BCUT2D eigenvalue weighted by Gasteiger charge is 2.36. The van der Waals surface area contributed by atoms with E-state index in [4.69, 9.17) is 16.5 Å². The van der Waals surface area contributed by atoms with Gasteiger partial charge in [-0.25, -0.2) is 4.99 Å². The first-order valence-electron chi connectivity index (χ1n) is 9.99. The van der Waals surface area contributed by atoms with Gasteiger partial charge in [-0.3, -0.25) is 21.0 Å². The number of pyridine rings is 1. The molecule has 1 aliphatic heterocycles. The third kappa shape index (κ3) is 3.31. The Kier molecular flexibility index (Phi) is 3.92. The highest BCUT2D eigenvalue weighted by molar-refractivity contribution is 5.79. The summed E-state index contributed by atoms with van der Waals surface area (Å²) in [6.45, 7) is 2.58. The van der Waals surface area contributed by atoms with Crippen molar-refractivity contribution in [3.05, 3.63) is 29.1 Å². The molecular formula is C19H29N7. The van der Waals surface area contributed by atoms with Crippen LogP contribution in [0.5, 0.6) is 0 Å². The number of hydrogen-bond acceptors (Lipinski definition) is 7. The van der Waals surface area contributed by atoms with Gasteiger partial charge in [-0.2, -0.15) is 5.43 Å². The van der Waals surface area contributed by atoms with Gasteiger partial charge in [0.25, 0.3) is 0 Å². The van der Waals surface area contributed by atoms with E-state index >= 15 is 0 Å². The zero-order valence-corrected chi connectivity index (χ0v) is 15.2. The summed E-state index contributed by atoms with van der Waals surface area (Å²) in [5.41, 5.74) is 21.2. The summed E-state index contributed by atoms with van der Waals surface area (Å²) in [6.07, 6.45) is 10.9. The third-order valence-corrected chi connectivity index (χ3v) is 6.24. The van der Waals surface area contributed by atoms with E-state index in [1.165, 1.54) is 56.5 Å². The lowest BCUT2D eigenvalue weighted by Gasteiger charge is -2.35. The number of rotatable bonds is 6. The Morgan fingerprint density at radius 3 is 2.50 bits per heavy atom. The highest BCUT2D eigenvalue weighted by Crippen LogP contribution is 2.36. The fourth-order valence-electron chi connectivity index (χ4n) is 4.30. The van der Waals surface area contributed by atoms with Crippen molar-refractivity contribution >= 4 is 5.96 Å². The van der Waals surface area contributed by atoms with Crippen LogP contribution in [-0.4, -0.2) is 35.0 Å². The fourth-order valence-corrected chi connectivity index (χ4v) is 4.30. The van der Waals surface area contributed by atoms with Crippen LogP contribution in [0.2, 0.25) is 0 Å². The van der Waals surface area contributed by atoms with Gasteiger partial charge in [0.1, 0.15) is 0 Å². The minimum Gasteiger partial charge on any atom is -0.369 e. The predicted octanol–water partition coefficient (Wildman–Crippen LogP) is 0.552. The van der Waals surface area contributed by atoms with Gasteiger partial charge in [0.05, 0.1) is 0 Å². The van der Waals surface area contributed by atoms with E-state index in [1.807, 2.05) is 6.20 Å². The number of nitrogens with zero attached hydrogens (tertiary/aromatic N) is 3. The molecule has 140 valence electrons. The van der Waals surface area contributed by atoms with Crippen LogP contribution in [0.4, 0.5) is 0 Å². The van der Waals surface area contributed by atoms with Crippen molar-refractivity contribution in [2.24, 2.45) is 28.3 Å². The van der Waals surface area contributed by atoms with Crippen LogP contribution in [0, 0.1) is 11.8 Å². The zero-order chi connectivity index (χ0) is 17.7. The molecule has 0 spiro atoms. The summed E-state index contributed by atoms with van der Waals surface area (Å²) in [6, 6.07) is 2.82. The lowest BCUT2D eigenvalue weighted by molar-refractivity contribution is 0.164. The molecule has 2 saturated carbocycles. The maximum Gasteiger partial charge on any atom is 0.210 e. The molecule has 0 saturated heterocycles. The van der Waals surface area contributed by atoms with E-state index in [9.17, 15) is 0 Å². The van der Waals surface area contributed by atoms with Crippen LogP contribution in [0.1, 0.15) is 48.9 Å². The van der Waals surface area contributed by atoms with Gasteiger partial charge in [-0.15, -0.1) is 0 Å². The van der Waals surface area contributed by atoms with E-state index in [0.29, 0.717) is 12.0 Å². The second-order valence-electron chi connectivity index (χ2n) is 8.58. The van der Waals surface area contributed by atoms with Gasteiger partial charge < -0.3 is 5.73 Å². The summed E-state index contributed by atoms with van der Waals surface area (Å²) in [7, 11) is 0. The molecule has 0 radical (unpaired) electrons. The van der Waals surface area contributed by atoms with Crippen LogP contribution in [-0.2, 0) is 18.6 Å². The van der Waals surface area contributed by atoms with Gasteiger partial charge in [-0.1, -0.05) is 0 Å². The topological polar surface area (TPSA) is 105 Å². The van der Waals surface area contributed by atoms with Gasteiger partial charge >= 0.3 is 0 Å². The lowest BCUT2D eigenvalue weighted by atomic mass is 9.89. The molecule has 3 aliphatic carbocycles. The molecule has 7 nitrogen and oxygen atoms in total. The average Bonchev–Trinajstić information content (AvgIpc) is 3.56. The molecule has 4 aliphatic rings. The number of fused-ring (bicyclic) bond motifs is 1. The summed E-state index contributed by atoms with van der Waals surface area (Å²) in [4.78, 5) is 11.8. The Morgan fingerprint density at radius 2 is 1.88 bits per heavy atom. The van der Waals surface area contributed by atoms with Crippen molar-refractivity contribution in [2.75, 3.05) is 13.1 Å². The Bertz CT molecular complexity index is 711. The number of aromatic nitrogens is 1. The van der Waals surface area contributed by atoms with E-state index in [0.717, 1.165) is 30.2 Å². The molecule has 26 heavy (non-hydrogen) atoms. The minimum atomic E-state index is -1.03. The molecule has 2 atom stereocenters. The van der Waals surface area contributed by atoms with Crippen LogP contribution in [0.15, 0.2) is 17.3 Å². The number of guanidine groups is 1. The molecule has 5 rings (SSSR count). The molecule has 7 heteroatoms. The maximum absolute atomic E-state index is 6.36. The molecule has 6 N–H and O–H groups in total. The molecule has 0 amide bonds. The first-order valence-corrected chi connectivity index (χ1v) is 9.99. The smallest absolute Gasteiger partial charge is 0.210 e. The summed E-state index contributed by atoms with van der Waals surface area (Å²) in [5.74, 6) is 1.17. The first kappa shape index (κ1) is 16.5. The van der Waals surface area contributed by atoms with Crippen molar-refractivity contribution in [1.29, 1.82) is 0 Å². The predicted molar refractivity (Wildman–Crippen MR) is 101 cm³/mol. The number of nitrogens with one attached hydrogen (secondary N) is 2. The minimum absolute atomic E-state index is 0.308. The first-order chi connectivity index (χ1) is 12.6. The van der Waals surface area contributed by atoms with Gasteiger partial charge in [-0.05, 0) is 68.4 Å². The molecule has 2 unspecified atom stereocenters. The summed E-state index contributed by atoms with van der Waals surface area (Å²) >= 11 is 0. The van der Waals surface area contributed by atoms with E-state index in [1.54, 1.807) is 0 Å². The largest absolute Gasteiger partial charge is 0.369 e. The van der Waals surface area contributed by atoms with Crippen molar-refractivity contribution in [1.82, 2.24) is 20.7 Å². The molecule has 1 aromatic heterocycles. The SMILES string of the molecule is NC1=NC(N)(c2cnc3c(c2)CC(N(CC2CC2)CC2CC2)CC3)NN1. The van der Waals surface area contributed by atoms with E-state index in [-0.39, 0.29) is 0 Å². The van der Waals surface area contributed by atoms with E-state index < -0.39 is 5.79 Å². The van der Waals surface area contributed by atoms with Gasteiger partial charge in [0, 0.05) is 36.6 Å². The number of aryl methyl sites for hydroxylation is 1. The number of nitrogens with two attached hydrogens (primary N) is 2. The molecule has 1 aromatic rings. The van der Waals surface area contributed by atoms with Crippen LogP contribution < -0.4 is 22.3 Å². The zero-order valence-electron chi connectivity index (χ0n) is 15.2. The quantitative estimate of drug-likeness (QED) is 0.594. The monoisotopic (exact) mass is 355 g/mol. The Labute approximate surface area is 154 Å². The van der Waals surface area contributed by atoms with Crippen molar-refractivity contribution in [3.8, 4) is 0 Å². The van der Waals surface area contributed by atoms with Crippen molar-refractivity contribution in [2.45, 2.75) is 56.8 Å². The van der Waals surface area contributed by atoms with Crippen molar-refractivity contribution < 1.29 is 0 Å². The molecular weight excluding hydrogens is 326 g/mol. The molecule has 0 aromatic carbocycles. The Balaban J connectivity index is 1.36. The normalized spacial score (nSPS) is 30.8. The molecule has 0 bridgehead atoms. The standard InChI is InChI=1S/C19H29N7/c20-18-23-19(21,25-24-18)15-7-14-8-16(5-6-17(14)22-9-15)26(10-12-1-2-12)11-13-3-4-13/h7,9,12-13,16,25H,1-6,8,10-11,21H2,(H3,20,23,24). The van der Waals surface area contributed by atoms with Crippen molar-refractivity contribution in [3.63, 3.8) is 0 Å². The van der Waals surface area contributed by atoms with Crippen LogP contribution in [0.3, 0.4) is 0 Å². The fraction of sp³-hybridized carbons (Fsp3) is 0.684. The second-order valence-corrected chi connectivity index (χ2v) is 8.58. The molecule has 2 heterocycles. The maximum atomic E-state index is 6.36. The van der Waals surface area contributed by atoms with Crippen LogP contribution in [0.25, 0.3) is 0 Å². The second kappa shape index (κ2) is 6.18. The summed E-state index contributed by atoms with van der Waals surface area (Å²) in [5, 5.41) is 0. The Morgan fingerprint density at radius 1 is 1.15 bits per heavy atom. The highest BCUT2D eigenvalue weighted by atomic mass is 15.6.